The van der Waals surface area contributed by atoms with Crippen molar-refractivity contribution in [2.75, 3.05) is 0 Å². The van der Waals surface area contributed by atoms with Crippen molar-refractivity contribution in [1.29, 1.82) is 0 Å². The molecule has 0 spiro atoms. The fourth-order valence-corrected chi connectivity index (χ4v) is 2.44. The molecule has 0 fully saturated rings. The van der Waals surface area contributed by atoms with Crippen LogP contribution in [0.5, 0.6) is 5.75 Å². The van der Waals surface area contributed by atoms with Crippen LogP contribution in [-0.4, -0.2) is 11.2 Å². The lowest BCUT2D eigenvalue weighted by Gasteiger charge is -2.29. The van der Waals surface area contributed by atoms with E-state index in [1.807, 2.05) is 18.2 Å². The van der Waals surface area contributed by atoms with Gasteiger partial charge in [0.1, 0.15) is 11.9 Å². The first-order valence-electron chi connectivity index (χ1n) is 5.85. The molecule has 0 saturated carbocycles. The molecule has 2 nitrogen and oxygen atoms in total. The predicted octanol–water partition coefficient (Wildman–Crippen LogP) is 3.82. The fourth-order valence-electron chi connectivity index (χ4n) is 2.10. The maximum atomic E-state index is 10.0. The lowest BCUT2D eigenvalue weighted by atomic mass is 9.96. The maximum absolute atomic E-state index is 10.0. The number of unbranched alkanes of at least 4 members (excludes halogenated alkanes) is 1. The minimum Gasteiger partial charge on any atom is -0.490 e. The summed E-state index contributed by atoms with van der Waals surface area (Å²) in [4.78, 5) is 0. The molecule has 1 aromatic rings. The molecule has 0 aliphatic carbocycles. The molecule has 1 aromatic carbocycles. The van der Waals surface area contributed by atoms with E-state index in [9.17, 15) is 5.11 Å². The van der Waals surface area contributed by atoms with Crippen molar-refractivity contribution in [3.05, 3.63) is 28.2 Å². The van der Waals surface area contributed by atoms with Crippen molar-refractivity contribution in [3.8, 4) is 5.75 Å². The van der Waals surface area contributed by atoms with Crippen LogP contribution in [0.2, 0.25) is 0 Å². The highest BCUT2D eigenvalue weighted by Gasteiger charge is 2.26. The van der Waals surface area contributed by atoms with E-state index < -0.39 is 0 Å². The zero-order valence-corrected chi connectivity index (χ0v) is 11.0. The third-order valence-corrected chi connectivity index (χ3v) is 3.49. The van der Waals surface area contributed by atoms with Gasteiger partial charge in [0.25, 0.3) is 0 Å². The first-order chi connectivity index (χ1) is 7.70. The van der Waals surface area contributed by atoms with Crippen LogP contribution in [0.1, 0.15) is 44.3 Å². The number of aliphatic hydroxyl groups excluding tert-OH is 1. The lowest BCUT2D eigenvalue weighted by molar-refractivity contribution is 0.0607. The molecule has 0 bridgehead atoms. The Bertz CT molecular complexity index is 365. The molecule has 1 heterocycles. The molecule has 1 aliphatic heterocycles. The monoisotopic (exact) mass is 284 g/mol. The van der Waals surface area contributed by atoms with Crippen LogP contribution < -0.4 is 4.74 Å². The number of benzene rings is 1. The van der Waals surface area contributed by atoms with E-state index in [2.05, 4.69) is 22.9 Å². The molecule has 1 aliphatic rings. The maximum Gasteiger partial charge on any atom is 0.126 e. The summed E-state index contributed by atoms with van der Waals surface area (Å²) in [6, 6.07) is 5.81. The quantitative estimate of drug-likeness (QED) is 0.914. The van der Waals surface area contributed by atoms with Gasteiger partial charge in [-0.05, 0) is 18.6 Å². The second-order valence-corrected chi connectivity index (χ2v) is 5.23. The fraction of sp³-hybridized carbons (Fsp3) is 0.538. The predicted molar refractivity (Wildman–Crippen MR) is 67.7 cm³/mol. The van der Waals surface area contributed by atoms with Crippen LogP contribution in [0, 0.1) is 0 Å². The number of hydrogen-bond donors (Lipinski definition) is 1. The number of hydrogen-bond acceptors (Lipinski definition) is 2. The number of ether oxygens (including phenoxy) is 1. The number of fused-ring (bicyclic) bond motifs is 1. The summed E-state index contributed by atoms with van der Waals surface area (Å²) in [7, 11) is 0. The van der Waals surface area contributed by atoms with E-state index >= 15 is 0 Å². The van der Waals surface area contributed by atoms with Crippen molar-refractivity contribution in [3.63, 3.8) is 0 Å². The Kier molecular flexibility index (Phi) is 3.87. The summed E-state index contributed by atoms with van der Waals surface area (Å²) < 4.78 is 6.89. The Balaban J connectivity index is 2.14. The summed E-state index contributed by atoms with van der Waals surface area (Å²) in [5.74, 6) is 0.828. The molecule has 0 amide bonds. The normalized spacial score (nSPS) is 23.7. The molecule has 16 heavy (non-hydrogen) atoms. The molecule has 0 aromatic heterocycles. The van der Waals surface area contributed by atoms with E-state index in [1.165, 1.54) is 6.42 Å². The second-order valence-electron chi connectivity index (χ2n) is 4.32. The standard InChI is InChI=1S/C13H17BrO2/c1-2-3-4-10-8-12(15)11-6-5-9(14)7-13(11)16-10/h5-7,10,12,15H,2-4,8H2,1H3/t10?,12-/m0/s1. The van der Waals surface area contributed by atoms with Crippen LogP contribution in [0.25, 0.3) is 0 Å². The van der Waals surface area contributed by atoms with Gasteiger partial charge < -0.3 is 9.84 Å². The van der Waals surface area contributed by atoms with Crippen molar-refractivity contribution >= 4 is 15.9 Å². The van der Waals surface area contributed by atoms with Crippen molar-refractivity contribution in [2.45, 2.75) is 44.8 Å². The van der Waals surface area contributed by atoms with Gasteiger partial charge in [0.05, 0.1) is 6.10 Å². The Morgan fingerprint density at radius 1 is 1.50 bits per heavy atom. The minimum atomic E-state index is -0.376. The zero-order chi connectivity index (χ0) is 11.5. The zero-order valence-electron chi connectivity index (χ0n) is 9.45. The van der Waals surface area contributed by atoms with Gasteiger partial charge in [-0.25, -0.2) is 0 Å². The van der Waals surface area contributed by atoms with Crippen molar-refractivity contribution in [1.82, 2.24) is 0 Å². The summed E-state index contributed by atoms with van der Waals surface area (Å²) in [6.07, 6.45) is 3.85. The number of rotatable bonds is 3. The van der Waals surface area contributed by atoms with Crippen LogP contribution in [0.15, 0.2) is 22.7 Å². The van der Waals surface area contributed by atoms with Gasteiger partial charge in [0, 0.05) is 16.5 Å². The van der Waals surface area contributed by atoms with E-state index in [-0.39, 0.29) is 12.2 Å². The Morgan fingerprint density at radius 3 is 3.06 bits per heavy atom. The molecule has 2 rings (SSSR count). The van der Waals surface area contributed by atoms with Crippen LogP contribution >= 0.6 is 15.9 Å². The van der Waals surface area contributed by atoms with E-state index in [0.29, 0.717) is 6.42 Å². The highest BCUT2D eigenvalue weighted by atomic mass is 79.9. The molecular weight excluding hydrogens is 268 g/mol. The highest BCUT2D eigenvalue weighted by molar-refractivity contribution is 9.10. The van der Waals surface area contributed by atoms with Gasteiger partial charge in [-0.3, -0.25) is 0 Å². The summed E-state index contributed by atoms with van der Waals surface area (Å²) >= 11 is 3.42. The Labute approximate surface area is 105 Å². The average Bonchev–Trinajstić information content (AvgIpc) is 2.25. The van der Waals surface area contributed by atoms with Gasteiger partial charge >= 0.3 is 0 Å². The van der Waals surface area contributed by atoms with Gasteiger partial charge in [0.15, 0.2) is 0 Å². The first-order valence-corrected chi connectivity index (χ1v) is 6.64. The van der Waals surface area contributed by atoms with Crippen LogP contribution in [-0.2, 0) is 0 Å². The van der Waals surface area contributed by atoms with E-state index in [1.54, 1.807) is 0 Å². The van der Waals surface area contributed by atoms with Crippen molar-refractivity contribution in [2.24, 2.45) is 0 Å². The Hall–Kier alpha value is -0.540. The molecule has 88 valence electrons. The highest BCUT2D eigenvalue weighted by Crippen LogP contribution is 2.37. The van der Waals surface area contributed by atoms with Crippen LogP contribution in [0.4, 0.5) is 0 Å². The molecule has 2 atom stereocenters. The van der Waals surface area contributed by atoms with Gasteiger partial charge in [0.2, 0.25) is 0 Å². The van der Waals surface area contributed by atoms with Gasteiger partial charge in [-0.2, -0.15) is 0 Å². The van der Waals surface area contributed by atoms with E-state index in [0.717, 1.165) is 28.6 Å². The second kappa shape index (κ2) is 5.19. The molecule has 1 unspecified atom stereocenters. The SMILES string of the molecule is CCCCC1C[C@H](O)c2ccc(Br)cc2O1. The summed E-state index contributed by atoms with van der Waals surface area (Å²) in [5, 5.41) is 10.0. The van der Waals surface area contributed by atoms with E-state index in [4.69, 9.17) is 4.74 Å². The largest absolute Gasteiger partial charge is 0.490 e. The molecular formula is C13H17BrO2. The average molecular weight is 285 g/mol. The smallest absolute Gasteiger partial charge is 0.126 e. The number of aliphatic hydroxyl groups is 1. The molecule has 1 N–H and O–H groups in total. The first kappa shape index (κ1) is 11.9. The number of halogens is 1. The third-order valence-electron chi connectivity index (χ3n) is 2.99. The van der Waals surface area contributed by atoms with Crippen LogP contribution in [0.3, 0.4) is 0 Å². The third kappa shape index (κ3) is 2.58. The molecule has 0 saturated heterocycles. The lowest BCUT2D eigenvalue weighted by Crippen LogP contribution is -2.25. The summed E-state index contributed by atoms with van der Waals surface area (Å²) in [5.41, 5.74) is 0.913. The topological polar surface area (TPSA) is 29.5 Å². The van der Waals surface area contributed by atoms with Crippen molar-refractivity contribution < 1.29 is 9.84 Å². The van der Waals surface area contributed by atoms with Gasteiger partial charge in [-0.15, -0.1) is 0 Å². The summed E-state index contributed by atoms with van der Waals surface area (Å²) in [6.45, 7) is 2.17. The molecule has 3 heteroatoms. The Morgan fingerprint density at radius 2 is 2.31 bits per heavy atom. The molecule has 0 radical (unpaired) electrons. The van der Waals surface area contributed by atoms with Gasteiger partial charge in [-0.1, -0.05) is 41.8 Å². The minimum absolute atomic E-state index is 0.164.